The predicted octanol–water partition coefficient (Wildman–Crippen LogP) is 3.01. The van der Waals surface area contributed by atoms with Crippen molar-refractivity contribution < 1.29 is 14.3 Å². The molecule has 0 heterocycles. The Bertz CT molecular complexity index is 653. The molecule has 22 heavy (non-hydrogen) atoms. The quantitative estimate of drug-likeness (QED) is 0.892. The Labute approximate surface area is 131 Å². The minimum Gasteiger partial charge on any atom is -0.497 e. The van der Waals surface area contributed by atoms with Crippen LogP contribution in [0.25, 0.3) is 0 Å². The van der Waals surface area contributed by atoms with Gasteiger partial charge in [-0.15, -0.1) is 0 Å². The molecule has 0 aliphatic rings. The van der Waals surface area contributed by atoms with Crippen LogP contribution < -0.4 is 14.8 Å². The molecular weight excluding hydrogens is 278 g/mol. The lowest BCUT2D eigenvalue weighted by molar-refractivity contribution is -0.123. The Kier molecular flexibility index (Phi) is 5.42. The van der Waals surface area contributed by atoms with Gasteiger partial charge in [-0.2, -0.15) is 0 Å². The number of hydrogen-bond acceptors (Lipinski definition) is 3. The molecule has 0 bridgehead atoms. The average molecular weight is 299 g/mol. The largest absolute Gasteiger partial charge is 0.497 e. The second kappa shape index (κ2) is 7.50. The number of nitrogens with one attached hydrogen (secondary N) is 1. The van der Waals surface area contributed by atoms with Crippen LogP contribution in [0, 0.1) is 13.8 Å². The third-order valence-corrected chi connectivity index (χ3v) is 3.47. The van der Waals surface area contributed by atoms with E-state index in [1.165, 1.54) is 5.56 Å². The van der Waals surface area contributed by atoms with Gasteiger partial charge in [0.25, 0.3) is 5.91 Å². The molecule has 0 saturated heterocycles. The summed E-state index contributed by atoms with van der Waals surface area (Å²) in [7, 11) is 1.62. The van der Waals surface area contributed by atoms with E-state index in [4.69, 9.17) is 9.47 Å². The molecule has 4 nitrogen and oxygen atoms in total. The molecule has 2 aromatic rings. The van der Waals surface area contributed by atoms with Gasteiger partial charge in [-0.25, -0.2) is 0 Å². The maximum atomic E-state index is 11.8. The van der Waals surface area contributed by atoms with E-state index in [0.29, 0.717) is 12.3 Å². The number of methoxy groups -OCH3 is 1. The van der Waals surface area contributed by atoms with E-state index >= 15 is 0 Å². The highest BCUT2D eigenvalue weighted by molar-refractivity contribution is 5.77. The third kappa shape index (κ3) is 4.52. The maximum absolute atomic E-state index is 11.8. The smallest absolute Gasteiger partial charge is 0.258 e. The third-order valence-electron chi connectivity index (χ3n) is 3.47. The van der Waals surface area contributed by atoms with Crippen LogP contribution in [0.5, 0.6) is 11.5 Å². The van der Waals surface area contributed by atoms with E-state index in [9.17, 15) is 4.79 Å². The SMILES string of the molecule is COc1cccc(CNC(=O)COc2ccc(C)c(C)c2)c1. The van der Waals surface area contributed by atoms with Gasteiger partial charge in [-0.3, -0.25) is 4.79 Å². The summed E-state index contributed by atoms with van der Waals surface area (Å²) in [6, 6.07) is 13.4. The van der Waals surface area contributed by atoms with Gasteiger partial charge in [0.1, 0.15) is 11.5 Å². The van der Waals surface area contributed by atoms with Crippen LogP contribution in [0.1, 0.15) is 16.7 Å². The highest BCUT2D eigenvalue weighted by Crippen LogP contribution is 2.16. The normalized spacial score (nSPS) is 10.1. The molecule has 0 aromatic heterocycles. The second-order valence-corrected chi connectivity index (χ2v) is 5.16. The van der Waals surface area contributed by atoms with Crippen LogP contribution in [0.15, 0.2) is 42.5 Å². The van der Waals surface area contributed by atoms with Gasteiger partial charge >= 0.3 is 0 Å². The van der Waals surface area contributed by atoms with Crippen molar-refractivity contribution in [2.75, 3.05) is 13.7 Å². The summed E-state index contributed by atoms with van der Waals surface area (Å²) < 4.78 is 10.7. The minimum absolute atomic E-state index is 0.00642. The van der Waals surface area contributed by atoms with E-state index in [1.807, 2.05) is 56.3 Å². The van der Waals surface area contributed by atoms with Crippen molar-refractivity contribution in [3.8, 4) is 11.5 Å². The number of carbonyl (C=O) groups is 1. The van der Waals surface area contributed by atoms with Crippen LogP contribution in [0.4, 0.5) is 0 Å². The molecule has 0 fully saturated rings. The second-order valence-electron chi connectivity index (χ2n) is 5.16. The zero-order chi connectivity index (χ0) is 15.9. The van der Waals surface area contributed by atoms with E-state index in [-0.39, 0.29) is 12.5 Å². The van der Waals surface area contributed by atoms with Crippen LogP contribution >= 0.6 is 0 Å². The van der Waals surface area contributed by atoms with Gasteiger partial charge in [0, 0.05) is 6.54 Å². The zero-order valence-corrected chi connectivity index (χ0v) is 13.2. The number of carbonyl (C=O) groups excluding carboxylic acids is 1. The minimum atomic E-state index is -0.152. The molecule has 0 radical (unpaired) electrons. The van der Waals surface area contributed by atoms with Crippen molar-refractivity contribution in [1.82, 2.24) is 5.32 Å². The summed E-state index contributed by atoms with van der Waals surface area (Å²) in [5.41, 5.74) is 3.34. The Morgan fingerprint density at radius 3 is 2.59 bits per heavy atom. The standard InChI is InChI=1S/C18H21NO3/c1-13-7-8-17(9-14(13)2)22-12-18(20)19-11-15-5-4-6-16(10-15)21-3/h4-10H,11-12H2,1-3H3,(H,19,20). The predicted molar refractivity (Wildman–Crippen MR) is 86.3 cm³/mol. The van der Waals surface area contributed by atoms with Crippen molar-refractivity contribution in [1.29, 1.82) is 0 Å². The fourth-order valence-electron chi connectivity index (χ4n) is 1.99. The molecule has 0 unspecified atom stereocenters. The molecule has 0 saturated carbocycles. The van der Waals surface area contributed by atoms with Crippen LogP contribution in [0.2, 0.25) is 0 Å². The van der Waals surface area contributed by atoms with Gasteiger partial charge in [-0.1, -0.05) is 18.2 Å². The summed E-state index contributed by atoms with van der Waals surface area (Å²) in [5.74, 6) is 1.33. The van der Waals surface area contributed by atoms with Crippen molar-refractivity contribution in [3.05, 3.63) is 59.2 Å². The van der Waals surface area contributed by atoms with Crippen LogP contribution in [0.3, 0.4) is 0 Å². The first-order valence-corrected chi connectivity index (χ1v) is 7.18. The molecule has 4 heteroatoms. The van der Waals surface area contributed by atoms with E-state index < -0.39 is 0 Å². The Morgan fingerprint density at radius 2 is 1.86 bits per heavy atom. The summed E-state index contributed by atoms with van der Waals surface area (Å²) in [4.78, 5) is 11.8. The Balaban J connectivity index is 1.81. The summed E-state index contributed by atoms with van der Waals surface area (Å²) in [6.45, 7) is 4.52. The molecular formula is C18H21NO3. The molecule has 0 atom stereocenters. The van der Waals surface area contributed by atoms with Crippen molar-refractivity contribution in [2.24, 2.45) is 0 Å². The number of hydrogen-bond donors (Lipinski definition) is 1. The van der Waals surface area contributed by atoms with Crippen LogP contribution in [-0.2, 0) is 11.3 Å². The lowest BCUT2D eigenvalue weighted by Crippen LogP contribution is -2.28. The Morgan fingerprint density at radius 1 is 1.05 bits per heavy atom. The summed E-state index contributed by atoms with van der Waals surface area (Å²) >= 11 is 0. The molecule has 116 valence electrons. The van der Waals surface area contributed by atoms with E-state index in [0.717, 1.165) is 16.9 Å². The highest BCUT2D eigenvalue weighted by Gasteiger charge is 2.04. The van der Waals surface area contributed by atoms with Gasteiger partial charge in [0.15, 0.2) is 6.61 Å². The number of aryl methyl sites for hydroxylation is 2. The van der Waals surface area contributed by atoms with Crippen LogP contribution in [-0.4, -0.2) is 19.6 Å². The lowest BCUT2D eigenvalue weighted by atomic mass is 10.1. The van der Waals surface area contributed by atoms with Gasteiger partial charge in [0.2, 0.25) is 0 Å². The fraction of sp³-hybridized carbons (Fsp3) is 0.278. The van der Waals surface area contributed by atoms with E-state index in [2.05, 4.69) is 5.32 Å². The molecule has 0 aliphatic carbocycles. The first-order chi connectivity index (χ1) is 10.6. The number of benzene rings is 2. The molecule has 1 N–H and O–H groups in total. The number of ether oxygens (including phenoxy) is 2. The maximum Gasteiger partial charge on any atom is 0.258 e. The molecule has 2 rings (SSSR count). The zero-order valence-electron chi connectivity index (χ0n) is 13.2. The lowest BCUT2D eigenvalue weighted by Gasteiger charge is -2.09. The number of rotatable bonds is 6. The first-order valence-electron chi connectivity index (χ1n) is 7.18. The van der Waals surface area contributed by atoms with Crippen molar-refractivity contribution in [3.63, 3.8) is 0 Å². The van der Waals surface area contributed by atoms with Gasteiger partial charge in [0.05, 0.1) is 7.11 Å². The average Bonchev–Trinajstić information content (AvgIpc) is 2.54. The van der Waals surface area contributed by atoms with Crippen molar-refractivity contribution >= 4 is 5.91 Å². The Hall–Kier alpha value is -2.49. The summed E-state index contributed by atoms with van der Waals surface area (Å²) in [6.07, 6.45) is 0. The first kappa shape index (κ1) is 15.9. The molecule has 0 aliphatic heterocycles. The summed E-state index contributed by atoms with van der Waals surface area (Å²) in [5, 5.41) is 2.83. The topological polar surface area (TPSA) is 47.6 Å². The number of amides is 1. The van der Waals surface area contributed by atoms with Gasteiger partial charge in [-0.05, 0) is 54.8 Å². The van der Waals surface area contributed by atoms with Gasteiger partial charge < -0.3 is 14.8 Å². The highest BCUT2D eigenvalue weighted by atomic mass is 16.5. The molecule has 0 spiro atoms. The fourth-order valence-corrected chi connectivity index (χ4v) is 1.99. The van der Waals surface area contributed by atoms with E-state index in [1.54, 1.807) is 7.11 Å². The monoisotopic (exact) mass is 299 g/mol. The molecule has 1 amide bonds. The molecule has 2 aromatic carbocycles. The van der Waals surface area contributed by atoms with Crippen molar-refractivity contribution in [2.45, 2.75) is 20.4 Å².